The lowest BCUT2D eigenvalue weighted by molar-refractivity contribution is 0.679. The molecule has 2 atom stereocenters. The van der Waals surface area contributed by atoms with Crippen molar-refractivity contribution >= 4 is 10.8 Å². The number of hydrogen-bond acceptors (Lipinski definition) is 2. The minimum atomic E-state index is -0.873. The summed E-state index contributed by atoms with van der Waals surface area (Å²) >= 11 is 0. The Labute approximate surface area is 93.4 Å². The fraction of sp³-hybridized carbons (Fsp3) is 0.417. The van der Waals surface area contributed by atoms with Crippen LogP contribution in [0, 0.1) is 11.3 Å². The first-order chi connectivity index (χ1) is 7.27. The standard InChI is InChI=1S/C12H15NOS/c1-2-8-15(14)10-12(9-13)11-6-4-3-5-7-11/h3-7,12H,2,8,10H2,1H3. The normalized spacial score (nSPS) is 14.1. The summed E-state index contributed by atoms with van der Waals surface area (Å²) in [5, 5.41) is 9.01. The molecule has 0 spiro atoms. The summed E-state index contributed by atoms with van der Waals surface area (Å²) in [6.07, 6.45) is 0.902. The van der Waals surface area contributed by atoms with Gasteiger partial charge in [0.15, 0.2) is 0 Å². The van der Waals surface area contributed by atoms with Crippen molar-refractivity contribution in [3.8, 4) is 6.07 Å². The lowest BCUT2D eigenvalue weighted by atomic mass is 10.0. The lowest BCUT2D eigenvalue weighted by Crippen LogP contribution is -2.10. The predicted octanol–water partition coefficient (Wildman–Crippen LogP) is 2.45. The Morgan fingerprint density at radius 2 is 2.07 bits per heavy atom. The van der Waals surface area contributed by atoms with Gasteiger partial charge in [-0.25, -0.2) is 0 Å². The van der Waals surface area contributed by atoms with Gasteiger partial charge in [-0.1, -0.05) is 37.3 Å². The smallest absolute Gasteiger partial charge is 0.0827 e. The van der Waals surface area contributed by atoms with Gasteiger partial charge in [-0.3, -0.25) is 4.21 Å². The average molecular weight is 221 g/mol. The monoisotopic (exact) mass is 221 g/mol. The summed E-state index contributed by atoms with van der Waals surface area (Å²) < 4.78 is 11.5. The molecule has 2 unspecified atom stereocenters. The van der Waals surface area contributed by atoms with Crippen LogP contribution in [0.3, 0.4) is 0 Å². The van der Waals surface area contributed by atoms with Gasteiger partial charge in [0.2, 0.25) is 0 Å². The third-order valence-corrected chi connectivity index (χ3v) is 3.71. The summed E-state index contributed by atoms with van der Waals surface area (Å²) in [7, 11) is -0.873. The van der Waals surface area contributed by atoms with Gasteiger partial charge in [0.1, 0.15) is 0 Å². The van der Waals surface area contributed by atoms with Crippen LogP contribution in [0.5, 0.6) is 0 Å². The van der Waals surface area contributed by atoms with E-state index < -0.39 is 10.8 Å². The van der Waals surface area contributed by atoms with Gasteiger partial charge >= 0.3 is 0 Å². The van der Waals surface area contributed by atoms with Crippen LogP contribution in [-0.2, 0) is 10.8 Å². The maximum atomic E-state index is 11.5. The Bertz CT molecular complexity index is 356. The summed E-state index contributed by atoms with van der Waals surface area (Å²) in [6, 6.07) is 11.8. The number of hydrogen-bond donors (Lipinski definition) is 0. The molecule has 0 saturated carbocycles. The molecule has 80 valence electrons. The summed E-state index contributed by atoms with van der Waals surface area (Å²) in [4.78, 5) is 0. The van der Waals surface area contributed by atoms with Crippen LogP contribution in [0.2, 0.25) is 0 Å². The molecule has 0 aliphatic rings. The molecule has 0 N–H and O–H groups in total. The van der Waals surface area contributed by atoms with E-state index in [1.165, 1.54) is 0 Å². The van der Waals surface area contributed by atoms with Crippen molar-refractivity contribution in [1.82, 2.24) is 0 Å². The molecular formula is C12H15NOS. The maximum Gasteiger partial charge on any atom is 0.0827 e. The van der Waals surface area contributed by atoms with E-state index >= 15 is 0 Å². The van der Waals surface area contributed by atoms with E-state index in [-0.39, 0.29) is 5.92 Å². The maximum absolute atomic E-state index is 11.5. The number of benzene rings is 1. The molecule has 1 aromatic rings. The van der Waals surface area contributed by atoms with Gasteiger partial charge < -0.3 is 0 Å². The molecule has 2 nitrogen and oxygen atoms in total. The Balaban J connectivity index is 2.66. The van der Waals surface area contributed by atoms with Crippen LogP contribution in [0.4, 0.5) is 0 Å². The highest BCUT2D eigenvalue weighted by molar-refractivity contribution is 7.85. The molecule has 1 aromatic carbocycles. The minimum Gasteiger partial charge on any atom is -0.260 e. The number of rotatable bonds is 5. The first kappa shape index (κ1) is 11.9. The highest BCUT2D eigenvalue weighted by Crippen LogP contribution is 2.15. The highest BCUT2D eigenvalue weighted by Gasteiger charge is 2.13. The van der Waals surface area contributed by atoms with Crippen molar-refractivity contribution in [2.24, 2.45) is 0 Å². The molecule has 3 heteroatoms. The van der Waals surface area contributed by atoms with Crippen molar-refractivity contribution in [2.75, 3.05) is 11.5 Å². The number of nitriles is 1. The van der Waals surface area contributed by atoms with E-state index in [0.717, 1.165) is 12.0 Å². The van der Waals surface area contributed by atoms with E-state index in [1.807, 2.05) is 37.3 Å². The molecule has 15 heavy (non-hydrogen) atoms. The molecule has 0 aliphatic carbocycles. The fourth-order valence-electron chi connectivity index (χ4n) is 1.39. The predicted molar refractivity (Wildman–Crippen MR) is 63.0 cm³/mol. The molecule has 0 fully saturated rings. The second kappa shape index (κ2) is 6.36. The summed E-state index contributed by atoms with van der Waals surface area (Å²) in [5.74, 6) is 0.901. The van der Waals surface area contributed by atoms with E-state index in [1.54, 1.807) is 0 Å². The van der Waals surface area contributed by atoms with Crippen molar-refractivity contribution < 1.29 is 4.21 Å². The van der Waals surface area contributed by atoms with Gasteiger partial charge in [-0.15, -0.1) is 0 Å². The Morgan fingerprint density at radius 1 is 1.40 bits per heavy atom. The van der Waals surface area contributed by atoms with E-state index in [9.17, 15) is 4.21 Å². The second-order valence-electron chi connectivity index (χ2n) is 3.40. The van der Waals surface area contributed by atoms with Crippen LogP contribution in [0.25, 0.3) is 0 Å². The second-order valence-corrected chi connectivity index (χ2v) is 5.02. The SMILES string of the molecule is CCCS(=O)CC(C#N)c1ccccc1. The first-order valence-corrected chi connectivity index (χ1v) is 6.56. The average Bonchev–Trinajstić information content (AvgIpc) is 2.27. The third-order valence-electron chi connectivity index (χ3n) is 2.14. The Kier molecular flexibility index (Phi) is 5.06. The van der Waals surface area contributed by atoms with Crippen molar-refractivity contribution in [3.63, 3.8) is 0 Å². The minimum absolute atomic E-state index is 0.237. The van der Waals surface area contributed by atoms with Crippen LogP contribution in [-0.4, -0.2) is 15.7 Å². The summed E-state index contributed by atoms with van der Waals surface area (Å²) in [6.45, 7) is 2.00. The molecule has 0 heterocycles. The lowest BCUT2D eigenvalue weighted by Gasteiger charge is -2.08. The highest BCUT2D eigenvalue weighted by atomic mass is 32.2. The zero-order valence-corrected chi connectivity index (χ0v) is 9.67. The topological polar surface area (TPSA) is 40.9 Å². The van der Waals surface area contributed by atoms with Gasteiger partial charge in [0.05, 0.1) is 12.0 Å². The quantitative estimate of drug-likeness (QED) is 0.766. The molecule has 0 amide bonds. The summed E-state index contributed by atoms with van der Waals surface area (Å²) in [5.41, 5.74) is 0.962. The zero-order chi connectivity index (χ0) is 11.1. The van der Waals surface area contributed by atoms with Gasteiger partial charge in [0, 0.05) is 22.3 Å². The van der Waals surface area contributed by atoms with Gasteiger partial charge in [-0.2, -0.15) is 5.26 Å². The zero-order valence-electron chi connectivity index (χ0n) is 8.85. The van der Waals surface area contributed by atoms with E-state index in [0.29, 0.717) is 11.5 Å². The van der Waals surface area contributed by atoms with Gasteiger partial charge in [-0.05, 0) is 12.0 Å². The molecular weight excluding hydrogens is 206 g/mol. The molecule has 0 radical (unpaired) electrons. The van der Waals surface area contributed by atoms with Crippen molar-refractivity contribution in [3.05, 3.63) is 35.9 Å². The largest absolute Gasteiger partial charge is 0.260 e. The molecule has 1 rings (SSSR count). The fourth-order valence-corrected chi connectivity index (χ4v) is 2.65. The number of nitrogens with zero attached hydrogens (tertiary/aromatic N) is 1. The molecule has 0 saturated heterocycles. The Hall–Kier alpha value is -1.14. The van der Waals surface area contributed by atoms with Crippen LogP contribution < -0.4 is 0 Å². The molecule has 0 aliphatic heterocycles. The molecule has 0 bridgehead atoms. The van der Waals surface area contributed by atoms with Crippen molar-refractivity contribution in [2.45, 2.75) is 19.3 Å². The first-order valence-electron chi connectivity index (χ1n) is 5.07. The van der Waals surface area contributed by atoms with Crippen LogP contribution in [0.1, 0.15) is 24.8 Å². The van der Waals surface area contributed by atoms with E-state index in [2.05, 4.69) is 6.07 Å². The van der Waals surface area contributed by atoms with Crippen LogP contribution in [0.15, 0.2) is 30.3 Å². The van der Waals surface area contributed by atoms with Crippen LogP contribution >= 0.6 is 0 Å². The van der Waals surface area contributed by atoms with Gasteiger partial charge in [0.25, 0.3) is 0 Å². The molecule has 0 aromatic heterocycles. The third kappa shape index (κ3) is 3.85. The van der Waals surface area contributed by atoms with Crippen molar-refractivity contribution in [1.29, 1.82) is 5.26 Å². The van der Waals surface area contributed by atoms with E-state index in [4.69, 9.17) is 5.26 Å². The Morgan fingerprint density at radius 3 is 2.60 bits per heavy atom.